The van der Waals surface area contributed by atoms with E-state index in [0.29, 0.717) is 47.0 Å². The second-order valence-electron chi connectivity index (χ2n) is 8.43. The van der Waals surface area contributed by atoms with Gasteiger partial charge in [-0.25, -0.2) is 4.79 Å². The number of methoxy groups -OCH3 is 2. The van der Waals surface area contributed by atoms with Crippen LogP contribution in [0, 0.1) is 5.92 Å². The Morgan fingerprint density at radius 2 is 1.76 bits per heavy atom. The van der Waals surface area contributed by atoms with Crippen molar-refractivity contribution in [2.24, 2.45) is 5.92 Å². The van der Waals surface area contributed by atoms with Crippen molar-refractivity contribution in [2.45, 2.75) is 32.1 Å². The second kappa shape index (κ2) is 11.4. The Bertz CT molecular complexity index is 1070. The molecule has 0 saturated heterocycles. The molecule has 1 N–H and O–H groups in total. The number of carbonyl (C=O) groups is 4. The van der Waals surface area contributed by atoms with E-state index >= 15 is 0 Å². The van der Waals surface area contributed by atoms with Crippen molar-refractivity contribution in [2.75, 3.05) is 32.7 Å². The molecule has 1 saturated carbocycles. The predicted molar refractivity (Wildman–Crippen MR) is 128 cm³/mol. The number of nitrogens with zero attached hydrogens (tertiary/aromatic N) is 1. The number of ether oxygens (including phenoxy) is 2. The molecule has 2 aromatic carbocycles. The van der Waals surface area contributed by atoms with Crippen LogP contribution in [0.2, 0.25) is 0 Å². The molecule has 0 aromatic heterocycles. The van der Waals surface area contributed by atoms with Gasteiger partial charge in [0, 0.05) is 36.7 Å². The Morgan fingerprint density at radius 3 is 2.41 bits per heavy atom. The van der Waals surface area contributed by atoms with Gasteiger partial charge in [0.25, 0.3) is 5.91 Å². The molecule has 0 atom stereocenters. The van der Waals surface area contributed by atoms with E-state index in [1.165, 1.54) is 44.1 Å². The lowest BCUT2D eigenvalue weighted by Crippen LogP contribution is -2.29. The fraction of sp³-hybridized carbons (Fsp3) is 0.385. The fourth-order valence-corrected chi connectivity index (χ4v) is 4.22. The van der Waals surface area contributed by atoms with Gasteiger partial charge in [-0.3, -0.25) is 14.4 Å². The summed E-state index contributed by atoms with van der Waals surface area (Å²) in [6.07, 6.45) is 5.18. The van der Waals surface area contributed by atoms with E-state index in [9.17, 15) is 19.2 Å². The first-order valence-electron chi connectivity index (χ1n) is 11.3. The van der Waals surface area contributed by atoms with Crippen molar-refractivity contribution in [1.29, 1.82) is 0 Å². The molecule has 3 rings (SSSR count). The number of rotatable bonds is 10. The van der Waals surface area contributed by atoms with Crippen LogP contribution in [0.3, 0.4) is 0 Å². The molecule has 8 heteroatoms. The molecule has 1 fully saturated rings. The second-order valence-corrected chi connectivity index (χ2v) is 8.43. The average Bonchev–Trinajstić information content (AvgIpc) is 3.39. The molecule has 8 nitrogen and oxygen atoms in total. The molecule has 34 heavy (non-hydrogen) atoms. The van der Waals surface area contributed by atoms with Crippen molar-refractivity contribution in [1.82, 2.24) is 5.32 Å². The van der Waals surface area contributed by atoms with Gasteiger partial charge >= 0.3 is 5.97 Å². The summed E-state index contributed by atoms with van der Waals surface area (Å²) in [6, 6.07) is 9.44. The summed E-state index contributed by atoms with van der Waals surface area (Å²) in [5.41, 5.74) is 1.88. The summed E-state index contributed by atoms with van der Waals surface area (Å²) in [6.45, 7) is 0.613. The summed E-state index contributed by atoms with van der Waals surface area (Å²) < 4.78 is 10.1. The van der Waals surface area contributed by atoms with Crippen molar-refractivity contribution in [3.05, 3.63) is 58.7 Å². The van der Waals surface area contributed by atoms with E-state index in [0.717, 1.165) is 12.8 Å². The Kier molecular flexibility index (Phi) is 8.40. The molecular formula is C26H30N2O6. The number of amides is 2. The molecule has 0 radical (unpaired) electrons. The van der Waals surface area contributed by atoms with E-state index in [2.05, 4.69) is 5.32 Å². The number of ketones is 1. The largest absolute Gasteiger partial charge is 0.496 e. The van der Waals surface area contributed by atoms with E-state index in [1.807, 2.05) is 0 Å². The molecule has 2 amide bonds. The van der Waals surface area contributed by atoms with Gasteiger partial charge in [-0.2, -0.15) is 0 Å². The Labute approximate surface area is 199 Å². The highest BCUT2D eigenvalue weighted by Crippen LogP contribution is 2.27. The summed E-state index contributed by atoms with van der Waals surface area (Å²) in [7, 11) is 4.28. The van der Waals surface area contributed by atoms with Gasteiger partial charge < -0.3 is 19.7 Å². The normalized spacial score (nSPS) is 13.3. The monoisotopic (exact) mass is 466 g/mol. The minimum Gasteiger partial charge on any atom is -0.496 e. The third-order valence-electron chi connectivity index (χ3n) is 6.18. The summed E-state index contributed by atoms with van der Waals surface area (Å²) in [5, 5.41) is 2.96. The third-order valence-corrected chi connectivity index (χ3v) is 6.18. The van der Waals surface area contributed by atoms with Crippen LogP contribution in [-0.2, 0) is 16.0 Å². The number of nitrogens with one attached hydrogen (secondary N) is 1. The quantitative estimate of drug-likeness (QED) is 0.327. The number of esters is 1. The van der Waals surface area contributed by atoms with Crippen molar-refractivity contribution >= 4 is 29.8 Å². The molecule has 0 spiro atoms. The summed E-state index contributed by atoms with van der Waals surface area (Å²) in [4.78, 5) is 50.6. The van der Waals surface area contributed by atoms with Crippen molar-refractivity contribution in [3.63, 3.8) is 0 Å². The number of hydrogen-bond acceptors (Lipinski definition) is 6. The van der Waals surface area contributed by atoms with Gasteiger partial charge in [0.05, 0.1) is 25.5 Å². The first-order chi connectivity index (χ1) is 16.4. The van der Waals surface area contributed by atoms with Crippen LogP contribution >= 0.6 is 0 Å². The van der Waals surface area contributed by atoms with Crippen LogP contribution in [0.4, 0.5) is 5.69 Å². The molecule has 2 aromatic rings. The maximum atomic E-state index is 13.3. The minimum atomic E-state index is -0.512. The highest BCUT2D eigenvalue weighted by atomic mass is 16.5. The van der Waals surface area contributed by atoms with Gasteiger partial charge in [0.2, 0.25) is 6.41 Å². The van der Waals surface area contributed by atoms with Gasteiger partial charge in [0.15, 0.2) is 5.78 Å². The van der Waals surface area contributed by atoms with Crippen LogP contribution in [-0.4, -0.2) is 51.9 Å². The van der Waals surface area contributed by atoms with Gasteiger partial charge in [-0.05, 0) is 49.1 Å². The number of benzene rings is 2. The van der Waals surface area contributed by atoms with Crippen LogP contribution in [0.15, 0.2) is 36.4 Å². The topological polar surface area (TPSA) is 102 Å². The molecule has 180 valence electrons. The Balaban J connectivity index is 1.86. The maximum Gasteiger partial charge on any atom is 0.337 e. The zero-order valence-electron chi connectivity index (χ0n) is 19.8. The summed E-state index contributed by atoms with van der Waals surface area (Å²) >= 11 is 0. The molecule has 1 aliphatic carbocycles. The van der Waals surface area contributed by atoms with E-state index in [1.54, 1.807) is 31.3 Å². The molecular weight excluding hydrogens is 436 g/mol. The van der Waals surface area contributed by atoms with Gasteiger partial charge in [-0.15, -0.1) is 0 Å². The van der Waals surface area contributed by atoms with Crippen molar-refractivity contribution < 1.29 is 28.7 Å². The standard InChI is InChI=1S/C26H30N2O6/c1-28(16-29)22-11-10-19(25(31)27-15-17-6-4-5-7-17)12-21(22)23(30)13-18-8-9-20(26(32)34-3)14-24(18)33-2/h8-12,14,16-17H,4-7,13,15H2,1-3H3,(H,27,31). The SMILES string of the molecule is COC(=O)c1ccc(CC(=O)c2cc(C(=O)NCC3CCCC3)ccc2N(C)C=O)c(OC)c1. The zero-order valence-corrected chi connectivity index (χ0v) is 19.8. The van der Waals surface area contributed by atoms with Crippen LogP contribution < -0.4 is 15.0 Å². The van der Waals surface area contributed by atoms with Crippen LogP contribution in [0.25, 0.3) is 0 Å². The number of hydrogen-bond donors (Lipinski definition) is 1. The first kappa shape index (κ1) is 25.0. The maximum absolute atomic E-state index is 13.3. The van der Waals surface area contributed by atoms with Crippen LogP contribution in [0.5, 0.6) is 5.75 Å². The lowest BCUT2D eigenvalue weighted by atomic mass is 9.97. The van der Waals surface area contributed by atoms with Gasteiger partial charge in [-0.1, -0.05) is 18.9 Å². The average molecular weight is 467 g/mol. The van der Waals surface area contributed by atoms with E-state index in [-0.39, 0.29) is 23.7 Å². The number of anilines is 1. The molecule has 0 bridgehead atoms. The predicted octanol–water partition coefficient (Wildman–Crippen LogP) is 3.42. The zero-order chi connectivity index (χ0) is 24.7. The Morgan fingerprint density at radius 1 is 1.06 bits per heavy atom. The lowest BCUT2D eigenvalue weighted by Gasteiger charge is -2.18. The highest BCUT2D eigenvalue weighted by Gasteiger charge is 2.21. The third kappa shape index (κ3) is 5.81. The molecule has 0 aliphatic heterocycles. The number of carbonyl (C=O) groups excluding carboxylic acids is 4. The van der Waals surface area contributed by atoms with E-state index in [4.69, 9.17) is 9.47 Å². The van der Waals surface area contributed by atoms with Crippen LogP contribution in [0.1, 0.15) is 62.3 Å². The first-order valence-corrected chi connectivity index (χ1v) is 11.3. The number of Topliss-reactive ketones (excluding diaryl/α,β-unsaturated/α-hetero) is 1. The van der Waals surface area contributed by atoms with Gasteiger partial charge in [0.1, 0.15) is 5.75 Å². The highest BCUT2D eigenvalue weighted by molar-refractivity contribution is 6.07. The van der Waals surface area contributed by atoms with E-state index < -0.39 is 5.97 Å². The lowest BCUT2D eigenvalue weighted by molar-refractivity contribution is -0.107. The smallest absolute Gasteiger partial charge is 0.337 e. The Hall–Kier alpha value is -3.68. The molecule has 1 aliphatic rings. The fourth-order valence-electron chi connectivity index (χ4n) is 4.22. The molecule has 0 unspecified atom stereocenters. The minimum absolute atomic E-state index is 0.0442. The molecule has 0 heterocycles. The van der Waals surface area contributed by atoms with Crippen molar-refractivity contribution in [3.8, 4) is 5.75 Å². The summed E-state index contributed by atoms with van der Waals surface area (Å²) in [5.74, 6) is -0.195.